The Bertz CT molecular complexity index is 880. The number of hydrogen-bond donors (Lipinski definition) is 1. The Labute approximate surface area is 160 Å². The minimum atomic E-state index is -3.63. The van der Waals surface area contributed by atoms with Crippen LogP contribution in [0.2, 0.25) is 0 Å². The first-order valence-corrected chi connectivity index (χ1v) is 10.4. The van der Waals surface area contributed by atoms with Gasteiger partial charge in [-0.15, -0.1) is 0 Å². The molecule has 1 fully saturated rings. The van der Waals surface area contributed by atoms with Crippen molar-refractivity contribution < 1.29 is 17.9 Å². The number of anilines is 1. The summed E-state index contributed by atoms with van der Waals surface area (Å²) >= 11 is 0. The predicted molar refractivity (Wildman–Crippen MR) is 104 cm³/mol. The van der Waals surface area contributed by atoms with Crippen LogP contribution in [0.1, 0.15) is 25.3 Å². The van der Waals surface area contributed by atoms with E-state index in [-0.39, 0.29) is 24.0 Å². The van der Waals surface area contributed by atoms with Gasteiger partial charge in [0, 0.05) is 12.2 Å². The first-order chi connectivity index (χ1) is 12.9. The highest BCUT2D eigenvalue weighted by Crippen LogP contribution is 2.19. The number of amides is 1. The molecule has 0 aromatic heterocycles. The Balaban J connectivity index is 1.64. The Hall–Kier alpha value is -2.22. The summed E-state index contributed by atoms with van der Waals surface area (Å²) in [5.74, 6) is 0.205. The molecule has 7 heteroatoms. The monoisotopic (exact) mass is 388 g/mol. The molecule has 1 saturated heterocycles. The van der Waals surface area contributed by atoms with Crippen LogP contribution in [0.3, 0.4) is 0 Å². The van der Waals surface area contributed by atoms with Crippen LogP contribution in [0.4, 0.5) is 5.69 Å². The van der Waals surface area contributed by atoms with Gasteiger partial charge in [0.25, 0.3) is 5.91 Å². The molecule has 1 aliphatic heterocycles. The minimum absolute atomic E-state index is 0.0651. The van der Waals surface area contributed by atoms with Gasteiger partial charge in [-0.25, -0.2) is 13.1 Å². The fraction of sp³-hybridized carbons (Fsp3) is 0.350. The van der Waals surface area contributed by atoms with Crippen molar-refractivity contribution in [2.24, 2.45) is 0 Å². The van der Waals surface area contributed by atoms with Gasteiger partial charge in [-0.2, -0.15) is 0 Å². The summed E-state index contributed by atoms with van der Waals surface area (Å²) in [5.41, 5.74) is 1.87. The smallest absolute Gasteiger partial charge is 0.253 e. The van der Waals surface area contributed by atoms with E-state index in [2.05, 4.69) is 18.6 Å². The van der Waals surface area contributed by atoms with Crippen molar-refractivity contribution in [3.63, 3.8) is 0 Å². The number of sulfonamides is 1. The van der Waals surface area contributed by atoms with Gasteiger partial charge in [0.2, 0.25) is 10.0 Å². The summed E-state index contributed by atoms with van der Waals surface area (Å²) in [7, 11) is -3.63. The van der Waals surface area contributed by atoms with E-state index in [4.69, 9.17) is 4.74 Å². The number of ether oxygens (including phenoxy) is 1. The molecule has 1 aliphatic rings. The molecular formula is C20H24N2O4S. The molecule has 3 rings (SSSR count). The Morgan fingerprint density at radius 3 is 2.41 bits per heavy atom. The SMILES string of the molecule is CC(C)c1ccc(S(=O)(=O)NCC2CN(c3ccccc3)C(=O)CO2)cc1. The zero-order chi connectivity index (χ0) is 19.4. The number of carbonyl (C=O) groups excluding carboxylic acids is 1. The second kappa shape index (κ2) is 8.21. The molecular weight excluding hydrogens is 364 g/mol. The molecule has 2 aromatic rings. The highest BCUT2D eigenvalue weighted by atomic mass is 32.2. The van der Waals surface area contributed by atoms with Crippen LogP contribution < -0.4 is 9.62 Å². The molecule has 1 N–H and O–H groups in total. The van der Waals surface area contributed by atoms with Crippen LogP contribution in [-0.4, -0.2) is 40.1 Å². The van der Waals surface area contributed by atoms with Crippen molar-refractivity contribution in [2.45, 2.75) is 30.8 Å². The molecule has 1 heterocycles. The lowest BCUT2D eigenvalue weighted by atomic mass is 10.0. The zero-order valence-corrected chi connectivity index (χ0v) is 16.3. The van der Waals surface area contributed by atoms with Gasteiger partial charge < -0.3 is 9.64 Å². The molecule has 144 valence electrons. The first-order valence-electron chi connectivity index (χ1n) is 8.93. The average Bonchev–Trinajstić information content (AvgIpc) is 2.68. The lowest BCUT2D eigenvalue weighted by molar-refractivity contribution is -0.129. The van der Waals surface area contributed by atoms with Gasteiger partial charge >= 0.3 is 0 Å². The zero-order valence-electron chi connectivity index (χ0n) is 15.5. The molecule has 0 spiro atoms. The molecule has 0 aliphatic carbocycles. The fourth-order valence-electron chi connectivity index (χ4n) is 2.92. The van der Waals surface area contributed by atoms with Crippen molar-refractivity contribution in [1.82, 2.24) is 4.72 Å². The Morgan fingerprint density at radius 1 is 1.11 bits per heavy atom. The molecule has 1 amide bonds. The number of para-hydroxylation sites is 1. The quantitative estimate of drug-likeness (QED) is 0.825. The summed E-state index contributed by atoms with van der Waals surface area (Å²) in [4.78, 5) is 14.0. The van der Waals surface area contributed by atoms with E-state index < -0.39 is 16.1 Å². The minimum Gasteiger partial charge on any atom is -0.365 e. The van der Waals surface area contributed by atoms with Crippen LogP contribution in [0, 0.1) is 0 Å². The molecule has 2 aromatic carbocycles. The predicted octanol–water partition coefficient (Wildman–Crippen LogP) is 2.52. The highest BCUT2D eigenvalue weighted by molar-refractivity contribution is 7.89. The van der Waals surface area contributed by atoms with E-state index >= 15 is 0 Å². The summed E-state index contributed by atoms with van der Waals surface area (Å²) in [6.45, 7) is 4.46. The maximum atomic E-state index is 12.5. The topological polar surface area (TPSA) is 75.7 Å². The average molecular weight is 388 g/mol. The molecule has 0 saturated carbocycles. The van der Waals surface area contributed by atoms with Crippen molar-refractivity contribution in [3.05, 3.63) is 60.2 Å². The van der Waals surface area contributed by atoms with Crippen molar-refractivity contribution in [2.75, 3.05) is 24.6 Å². The highest BCUT2D eigenvalue weighted by Gasteiger charge is 2.28. The number of carbonyl (C=O) groups is 1. The number of morpholine rings is 1. The number of benzene rings is 2. The number of hydrogen-bond acceptors (Lipinski definition) is 4. The summed E-state index contributed by atoms with van der Waals surface area (Å²) in [6.07, 6.45) is -0.410. The number of nitrogens with one attached hydrogen (secondary N) is 1. The van der Waals surface area contributed by atoms with Crippen LogP contribution in [-0.2, 0) is 19.6 Å². The van der Waals surface area contributed by atoms with Gasteiger partial charge in [-0.1, -0.05) is 44.2 Å². The number of rotatable bonds is 6. The lowest BCUT2D eigenvalue weighted by Crippen LogP contribution is -2.50. The van der Waals surface area contributed by atoms with Gasteiger partial charge in [-0.3, -0.25) is 4.79 Å². The van der Waals surface area contributed by atoms with Gasteiger partial charge in [0.15, 0.2) is 0 Å². The first kappa shape index (κ1) is 19.5. The molecule has 0 radical (unpaired) electrons. The second-order valence-corrected chi connectivity index (χ2v) is 8.62. The second-order valence-electron chi connectivity index (χ2n) is 6.85. The van der Waals surface area contributed by atoms with Crippen LogP contribution in [0.15, 0.2) is 59.5 Å². The molecule has 0 bridgehead atoms. The van der Waals surface area contributed by atoms with Crippen molar-refractivity contribution >= 4 is 21.6 Å². The van der Waals surface area contributed by atoms with E-state index in [1.54, 1.807) is 17.0 Å². The normalized spacial score (nSPS) is 18.1. The van der Waals surface area contributed by atoms with Crippen molar-refractivity contribution in [3.8, 4) is 0 Å². The maximum absolute atomic E-state index is 12.5. The Morgan fingerprint density at radius 2 is 1.78 bits per heavy atom. The summed E-state index contributed by atoms with van der Waals surface area (Å²) < 4.78 is 33.1. The van der Waals surface area contributed by atoms with Gasteiger partial charge in [0.1, 0.15) is 6.61 Å². The fourth-order valence-corrected chi connectivity index (χ4v) is 3.99. The van der Waals surface area contributed by atoms with Gasteiger partial charge in [-0.05, 0) is 35.7 Å². The van der Waals surface area contributed by atoms with E-state index in [0.717, 1.165) is 11.3 Å². The molecule has 1 unspecified atom stereocenters. The summed E-state index contributed by atoms with van der Waals surface area (Å²) in [6, 6.07) is 16.2. The summed E-state index contributed by atoms with van der Waals surface area (Å²) in [5, 5.41) is 0. The molecule has 6 nitrogen and oxygen atoms in total. The van der Waals surface area contributed by atoms with Crippen LogP contribution in [0.25, 0.3) is 0 Å². The lowest BCUT2D eigenvalue weighted by Gasteiger charge is -2.32. The number of nitrogens with zero attached hydrogens (tertiary/aromatic N) is 1. The maximum Gasteiger partial charge on any atom is 0.253 e. The largest absolute Gasteiger partial charge is 0.365 e. The Kier molecular flexibility index (Phi) is 5.94. The van der Waals surface area contributed by atoms with Crippen LogP contribution >= 0.6 is 0 Å². The van der Waals surface area contributed by atoms with Crippen molar-refractivity contribution in [1.29, 1.82) is 0 Å². The standard InChI is InChI=1S/C20H24N2O4S/c1-15(2)16-8-10-19(11-9-16)27(24,25)21-12-18-13-22(20(23)14-26-18)17-6-4-3-5-7-17/h3-11,15,18,21H,12-14H2,1-2H3. The molecule has 1 atom stereocenters. The third-order valence-electron chi connectivity index (χ3n) is 4.56. The van der Waals surface area contributed by atoms with E-state index in [1.165, 1.54) is 0 Å². The van der Waals surface area contributed by atoms with E-state index in [9.17, 15) is 13.2 Å². The molecule has 27 heavy (non-hydrogen) atoms. The van der Waals surface area contributed by atoms with Gasteiger partial charge in [0.05, 0.1) is 17.5 Å². The third kappa shape index (κ3) is 4.74. The third-order valence-corrected chi connectivity index (χ3v) is 6.00. The van der Waals surface area contributed by atoms with E-state index in [0.29, 0.717) is 12.5 Å². The van der Waals surface area contributed by atoms with E-state index in [1.807, 2.05) is 42.5 Å². The van der Waals surface area contributed by atoms with Crippen LogP contribution in [0.5, 0.6) is 0 Å².